The van der Waals surface area contributed by atoms with Gasteiger partial charge in [-0.2, -0.15) is 11.3 Å². The summed E-state index contributed by atoms with van der Waals surface area (Å²) in [7, 11) is 0. The number of halogens is 1. The second-order valence-electron chi connectivity index (χ2n) is 3.66. The van der Waals surface area contributed by atoms with Crippen LogP contribution in [0.15, 0.2) is 57.7 Å². The van der Waals surface area contributed by atoms with E-state index in [2.05, 4.69) is 69.2 Å². The first-order valence-electron chi connectivity index (χ1n) is 5.06. The number of thiophene rings is 1. The first-order valence-corrected chi connectivity index (χ1v) is 6.79. The molecule has 0 saturated carbocycles. The molecule has 78 valence electrons. The van der Waals surface area contributed by atoms with Gasteiger partial charge in [0.05, 0.1) is 0 Å². The van der Waals surface area contributed by atoms with Crippen molar-refractivity contribution >= 4 is 38.0 Å². The molecule has 0 bridgehead atoms. The van der Waals surface area contributed by atoms with Crippen molar-refractivity contribution in [2.24, 2.45) is 0 Å². The lowest BCUT2D eigenvalue weighted by molar-refractivity contribution is 1.70. The van der Waals surface area contributed by atoms with Gasteiger partial charge in [0.1, 0.15) is 0 Å². The number of hydrogen-bond donors (Lipinski definition) is 0. The first kappa shape index (κ1) is 10.1. The molecule has 0 unspecified atom stereocenters. The number of rotatable bonds is 1. The molecular weight excluding hydrogens is 280 g/mol. The highest BCUT2D eigenvalue weighted by molar-refractivity contribution is 9.10. The fourth-order valence-corrected chi connectivity index (χ4v) is 3.44. The van der Waals surface area contributed by atoms with Crippen molar-refractivity contribution in [2.75, 3.05) is 0 Å². The summed E-state index contributed by atoms with van der Waals surface area (Å²) in [6.07, 6.45) is 0. The summed E-state index contributed by atoms with van der Waals surface area (Å²) >= 11 is 5.32. The Morgan fingerprint density at radius 1 is 0.812 bits per heavy atom. The van der Waals surface area contributed by atoms with E-state index in [-0.39, 0.29) is 0 Å². The molecule has 0 saturated heterocycles. The Kier molecular flexibility index (Phi) is 2.54. The minimum absolute atomic E-state index is 1.17. The summed E-state index contributed by atoms with van der Waals surface area (Å²) in [6.45, 7) is 0. The molecule has 2 heteroatoms. The van der Waals surface area contributed by atoms with Gasteiger partial charge in [-0.3, -0.25) is 0 Å². The van der Waals surface area contributed by atoms with Crippen LogP contribution in [0.5, 0.6) is 0 Å². The van der Waals surface area contributed by atoms with E-state index >= 15 is 0 Å². The predicted octanol–water partition coefficient (Wildman–Crippen LogP) is 5.33. The summed E-state index contributed by atoms with van der Waals surface area (Å²) in [5.41, 5.74) is 2.58. The predicted molar refractivity (Wildman–Crippen MR) is 75.0 cm³/mol. The molecular formula is C14H9BrS. The Morgan fingerprint density at radius 2 is 1.62 bits per heavy atom. The zero-order valence-electron chi connectivity index (χ0n) is 8.48. The Balaban J connectivity index is 2.36. The highest BCUT2D eigenvalue weighted by Crippen LogP contribution is 2.35. The maximum absolute atomic E-state index is 3.60. The molecule has 0 aliphatic carbocycles. The lowest BCUT2D eigenvalue weighted by atomic mass is 10.0. The van der Waals surface area contributed by atoms with E-state index < -0.39 is 0 Å². The lowest BCUT2D eigenvalue weighted by Crippen LogP contribution is -1.79. The molecule has 3 rings (SSSR count). The fourth-order valence-electron chi connectivity index (χ4n) is 1.93. The zero-order chi connectivity index (χ0) is 11.0. The van der Waals surface area contributed by atoms with Gasteiger partial charge in [0.2, 0.25) is 0 Å². The van der Waals surface area contributed by atoms with Gasteiger partial charge < -0.3 is 0 Å². The van der Waals surface area contributed by atoms with Crippen molar-refractivity contribution in [3.05, 3.63) is 57.7 Å². The van der Waals surface area contributed by atoms with E-state index in [9.17, 15) is 0 Å². The SMILES string of the molecule is Brc1cscc1-c1cccc2ccccc12. The maximum Gasteiger partial charge on any atom is 0.0360 e. The van der Waals surface area contributed by atoms with Crippen LogP contribution in [0.2, 0.25) is 0 Å². The van der Waals surface area contributed by atoms with Crippen LogP contribution >= 0.6 is 27.3 Å². The molecule has 0 N–H and O–H groups in total. The average molecular weight is 289 g/mol. The van der Waals surface area contributed by atoms with E-state index in [1.807, 2.05) is 0 Å². The quantitative estimate of drug-likeness (QED) is 0.568. The minimum atomic E-state index is 1.17. The van der Waals surface area contributed by atoms with E-state index in [4.69, 9.17) is 0 Å². The molecule has 0 nitrogen and oxygen atoms in total. The molecule has 0 aliphatic rings. The van der Waals surface area contributed by atoms with Crippen LogP contribution in [0.3, 0.4) is 0 Å². The third kappa shape index (κ3) is 1.58. The van der Waals surface area contributed by atoms with E-state index in [1.165, 1.54) is 26.4 Å². The van der Waals surface area contributed by atoms with Crippen LogP contribution in [-0.2, 0) is 0 Å². The standard InChI is InChI=1S/C14H9BrS/c15-14-9-16-8-13(14)12-7-3-5-10-4-1-2-6-11(10)12/h1-9H. The third-order valence-corrected chi connectivity index (χ3v) is 4.40. The Labute approximate surface area is 107 Å². The number of fused-ring (bicyclic) bond motifs is 1. The topological polar surface area (TPSA) is 0 Å². The van der Waals surface area contributed by atoms with Gasteiger partial charge in [0.25, 0.3) is 0 Å². The summed E-state index contributed by atoms with van der Waals surface area (Å²) in [6, 6.07) is 14.9. The van der Waals surface area contributed by atoms with Gasteiger partial charge in [0, 0.05) is 15.4 Å². The van der Waals surface area contributed by atoms with Gasteiger partial charge in [-0.15, -0.1) is 0 Å². The number of hydrogen-bond acceptors (Lipinski definition) is 1. The molecule has 1 aromatic heterocycles. The Morgan fingerprint density at radius 3 is 2.44 bits per heavy atom. The van der Waals surface area contributed by atoms with Crippen LogP contribution in [0.1, 0.15) is 0 Å². The summed E-state index contributed by atoms with van der Waals surface area (Å²) in [5.74, 6) is 0. The Hall–Kier alpha value is -1.12. The summed E-state index contributed by atoms with van der Waals surface area (Å²) in [4.78, 5) is 0. The lowest BCUT2D eigenvalue weighted by Gasteiger charge is -2.05. The van der Waals surface area contributed by atoms with Gasteiger partial charge in [-0.05, 0) is 37.6 Å². The van der Waals surface area contributed by atoms with Gasteiger partial charge in [-0.25, -0.2) is 0 Å². The van der Waals surface area contributed by atoms with Crippen molar-refractivity contribution in [1.29, 1.82) is 0 Å². The first-order chi connectivity index (χ1) is 7.86. The summed E-state index contributed by atoms with van der Waals surface area (Å²) in [5, 5.41) is 6.91. The van der Waals surface area contributed by atoms with Crippen LogP contribution < -0.4 is 0 Å². The van der Waals surface area contributed by atoms with Crippen molar-refractivity contribution in [3.8, 4) is 11.1 Å². The normalized spacial score (nSPS) is 10.8. The molecule has 0 amide bonds. The van der Waals surface area contributed by atoms with Gasteiger partial charge in [-0.1, -0.05) is 42.5 Å². The monoisotopic (exact) mass is 288 g/mol. The Bertz CT molecular complexity index is 635. The molecule has 0 spiro atoms. The number of benzene rings is 2. The van der Waals surface area contributed by atoms with Crippen LogP contribution in [0, 0.1) is 0 Å². The van der Waals surface area contributed by atoms with Crippen LogP contribution in [-0.4, -0.2) is 0 Å². The summed E-state index contributed by atoms with van der Waals surface area (Å²) < 4.78 is 1.17. The van der Waals surface area contributed by atoms with Crippen LogP contribution in [0.25, 0.3) is 21.9 Å². The molecule has 0 aliphatic heterocycles. The molecule has 0 atom stereocenters. The minimum Gasteiger partial charge on any atom is -0.151 e. The van der Waals surface area contributed by atoms with Crippen molar-refractivity contribution in [3.63, 3.8) is 0 Å². The third-order valence-electron chi connectivity index (χ3n) is 2.69. The van der Waals surface area contributed by atoms with Crippen LogP contribution in [0.4, 0.5) is 0 Å². The fraction of sp³-hybridized carbons (Fsp3) is 0. The average Bonchev–Trinajstić information content (AvgIpc) is 2.75. The van der Waals surface area contributed by atoms with E-state index in [1.54, 1.807) is 11.3 Å². The van der Waals surface area contributed by atoms with Crippen molar-refractivity contribution in [2.45, 2.75) is 0 Å². The van der Waals surface area contributed by atoms with E-state index in [0.717, 1.165) is 0 Å². The highest BCUT2D eigenvalue weighted by Gasteiger charge is 2.07. The van der Waals surface area contributed by atoms with Gasteiger partial charge >= 0.3 is 0 Å². The smallest absolute Gasteiger partial charge is 0.0360 e. The second-order valence-corrected chi connectivity index (χ2v) is 5.26. The molecule has 3 aromatic rings. The molecule has 0 fully saturated rings. The highest BCUT2D eigenvalue weighted by atomic mass is 79.9. The van der Waals surface area contributed by atoms with Crippen molar-refractivity contribution in [1.82, 2.24) is 0 Å². The molecule has 2 aromatic carbocycles. The van der Waals surface area contributed by atoms with Gasteiger partial charge in [0.15, 0.2) is 0 Å². The van der Waals surface area contributed by atoms with Crippen molar-refractivity contribution < 1.29 is 0 Å². The molecule has 16 heavy (non-hydrogen) atoms. The second kappa shape index (κ2) is 4.04. The molecule has 0 radical (unpaired) electrons. The molecule has 1 heterocycles. The largest absolute Gasteiger partial charge is 0.151 e. The maximum atomic E-state index is 3.60. The zero-order valence-corrected chi connectivity index (χ0v) is 10.9. The van der Waals surface area contributed by atoms with E-state index in [0.29, 0.717) is 0 Å².